The molecule has 1 rings (SSSR count). The van der Waals surface area contributed by atoms with Gasteiger partial charge in [0, 0.05) is 0 Å². The molecule has 0 spiro atoms. The molecule has 0 aromatic heterocycles. The van der Waals surface area contributed by atoms with E-state index in [9.17, 15) is 26.3 Å². The lowest BCUT2D eigenvalue weighted by Crippen LogP contribution is -2.78. The molecule has 11 heavy (non-hydrogen) atoms. The van der Waals surface area contributed by atoms with Gasteiger partial charge in [0.1, 0.15) is 0 Å². The highest BCUT2D eigenvalue weighted by molar-refractivity contribution is 5.17. The van der Waals surface area contributed by atoms with E-state index in [1.165, 1.54) is 0 Å². The number of aliphatic hydroxyl groups is 1. The molecular formula is C4H2F6O. The van der Waals surface area contributed by atoms with Crippen LogP contribution in [0.4, 0.5) is 26.3 Å². The van der Waals surface area contributed by atoms with Crippen molar-refractivity contribution in [3.05, 3.63) is 0 Å². The van der Waals surface area contributed by atoms with Crippen molar-refractivity contribution in [1.82, 2.24) is 0 Å². The average Bonchev–Trinajstić information content (AvgIpc) is 1.84. The zero-order valence-corrected chi connectivity index (χ0v) is 4.79. The van der Waals surface area contributed by atoms with Crippen molar-refractivity contribution in [3.63, 3.8) is 0 Å². The van der Waals surface area contributed by atoms with Crippen molar-refractivity contribution >= 4 is 0 Å². The summed E-state index contributed by atoms with van der Waals surface area (Å²) >= 11 is 0. The summed E-state index contributed by atoms with van der Waals surface area (Å²) in [5, 5.41) is 7.86. The Morgan fingerprint density at radius 1 is 0.818 bits per heavy atom. The van der Waals surface area contributed by atoms with E-state index in [0.717, 1.165) is 0 Å². The number of hydrogen-bond donors (Lipinski definition) is 1. The van der Waals surface area contributed by atoms with E-state index >= 15 is 0 Å². The van der Waals surface area contributed by atoms with Crippen LogP contribution >= 0.6 is 0 Å². The van der Waals surface area contributed by atoms with Gasteiger partial charge in [-0.25, -0.2) is 0 Å². The fraction of sp³-hybridized carbons (Fsp3) is 1.00. The number of alkyl halides is 6. The molecule has 7 heteroatoms. The lowest BCUT2D eigenvalue weighted by Gasteiger charge is -2.47. The van der Waals surface area contributed by atoms with Crippen LogP contribution in [0.25, 0.3) is 0 Å². The van der Waals surface area contributed by atoms with Crippen molar-refractivity contribution in [3.8, 4) is 0 Å². The third-order valence-electron chi connectivity index (χ3n) is 1.52. The molecule has 1 nitrogen and oxygen atoms in total. The molecule has 0 unspecified atom stereocenters. The zero-order chi connectivity index (χ0) is 9.08. The standard InChI is InChI=1S/C4H2F6O/c5-2(6)1(11)3(7,8)4(2,9)10/h1,11H. The Hall–Kier alpha value is -0.460. The molecule has 0 aliphatic heterocycles. The summed E-state index contributed by atoms with van der Waals surface area (Å²) in [7, 11) is 0. The van der Waals surface area contributed by atoms with Crippen molar-refractivity contribution in [2.75, 3.05) is 0 Å². The van der Waals surface area contributed by atoms with Gasteiger partial charge in [-0.3, -0.25) is 0 Å². The molecule has 1 fully saturated rings. The van der Waals surface area contributed by atoms with Crippen LogP contribution in [0.3, 0.4) is 0 Å². The molecule has 66 valence electrons. The van der Waals surface area contributed by atoms with Crippen molar-refractivity contribution in [1.29, 1.82) is 0 Å². The first kappa shape index (κ1) is 8.63. The van der Waals surface area contributed by atoms with Crippen LogP contribution in [0.5, 0.6) is 0 Å². The Labute approximate surface area is 56.6 Å². The molecule has 0 aromatic carbocycles. The van der Waals surface area contributed by atoms with Gasteiger partial charge in [0.25, 0.3) is 0 Å². The minimum absolute atomic E-state index is 3.58. The van der Waals surface area contributed by atoms with Gasteiger partial charge in [-0.1, -0.05) is 0 Å². The first-order valence-corrected chi connectivity index (χ1v) is 2.47. The predicted molar refractivity (Wildman–Crippen MR) is 20.8 cm³/mol. The van der Waals surface area contributed by atoms with Crippen molar-refractivity contribution in [2.24, 2.45) is 0 Å². The largest absolute Gasteiger partial charge is 0.381 e. The van der Waals surface area contributed by atoms with Crippen LogP contribution in [0.1, 0.15) is 0 Å². The second-order valence-corrected chi connectivity index (χ2v) is 2.22. The second-order valence-electron chi connectivity index (χ2n) is 2.22. The van der Waals surface area contributed by atoms with E-state index < -0.39 is 23.9 Å². The summed E-state index contributed by atoms with van der Waals surface area (Å²) < 4.78 is 70.3. The maximum atomic E-state index is 11.7. The zero-order valence-electron chi connectivity index (χ0n) is 4.79. The minimum atomic E-state index is -5.43. The van der Waals surface area contributed by atoms with Gasteiger partial charge in [0.05, 0.1) is 0 Å². The summed E-state index contributed by atoms with van der Waals surface area (Å²) in [6.07, 6.45) is -3.58. The van der Waals surface area contributed by atoms with Crippen molar-refractivity contribution in [2.45, 2.75) is 23.9 Å². The quantitative estimate of drug-likeness (QED) is 0.556. The van der Waals surface area contributed by atoms with Gasteiger partial charge in [-0.15, -0.1) is 0 Å². The Morgan fingerprint density at radius 2 is 1.09 bits per heavy atom. The minimum Gasteiger partial charge on any atom is -0.381 e. The number of hydrogen-bond acceptors (Lipinski definition) is 1. The Morgan fingerprint density at radius 3 is 1.18 bits per heavy atom. The molecule has 1 aliphatic carbocycles. The molecule has 0 bridgehead atoms. The molecule has 0 radical (unpaired) electrons. The second kappa shape index (κ2) is 1.65. The fourth-order valence-corrected chi connectivity index (χ4v) is 0.716. The maximum Gasteiger partial charge on any atom is 0.377 e. The van der Waals surface area contributed by atoms with Crippen LogP contribution in [0.2, 0.25) is 0 Å². The van der Waals surface area contributed by atoms with Gasteiger partial charge in [0.2, 0.25) is 0 Å². The summed E-state index contributed by atoms with van der Waals surface area (Å²) in [5.41, 5.74) is 0. The molecule has 0 atom stereocenters. The highest BCUT2D eigenvalue weighted by Gasteiger charge is 2.90. The molecular weight excluding hydrogens is 178 g/mol. The van der Waals surface area contributed by atoms with Crippen LogP contribution in [-0.4, -0.2) is 29.0 Å². The number of halogens is 6. The lowest BCUT2D eigenvalue weighted by molar-refractivity contribution is -0.446. The smallest absolute Gasteiger partial charge is 0.377 e. The average molecular weight is 180 g/mol. The Balaban J connectivity index is 2.98. The van der Waals surface area contributed by atoms with Gasteiger partial charge in [0.15, 0.2) is 6.10 Å². The van der Waals surface area contributed by atoms with E-state index in [1.54, 1.807) is 0 Å². The third kappa shape index (κ3) is 0.622. The number of rotatable bonds is 0. The van der Waals surface area contributed by atoms with E-state index in [2.05, 4.69) is 0 Å². The van der Waals surface area contributed by atoms with E-state index in [-0.39, 0.29) is 0 Å². The van der Waals surface area contributed by atoms with E-state index in [4.69, 9.17) is 5.11 Å². The topological polar surface area (TPSA) is 20.2 Å². The summed E-state index contributed by atoms with van der Waals surface area (Å²) in [6.45, 7) is 0. The summed E-state index contributed by atoms with van der Waals surface area (Å²) in [5.74, 6) is -15.5. The fourth-order valence-electron chi connectivity index (χ4n) is 0.716. The molecule has 1 N–H and O–H groups in total. The SMILES string of the molecule is OC1C(F)(F)C(F)(F)C1(F)F. The normalized spacial score (nSPS) is 33.0. The van der Waals surface area contributed by atoms with Crippen LogP contribution in [0.15, 0.2) is 0 Å². The van der Waals surface area contributed by atoms with Crippen LogP contribution in [0, 0.1) is 0 Å². The maximum absolute atomic E-state index is 11.7. The molecule has 0 amide bonds. The lowest BCUT2D eigenvalue weighted by atomic mass is 9.81. The Bertz CT molecular complexity index is 169. The van der Waals surface area contributed by atoms with E-state index in [0.29, 0.717) is 0 Å². The first-order valence-electron chi connectivity index (χ1n) is 2.47. The van der Waals surface area contributed by atoms with Crippen LogP contribution < -0.4 is 0 Å². The highest BCUT2D eigenvalue weighted by Crippen LogP contribution is 2.60. The predicted octanol–water partition coefficient (Wildman–Crippen LogP) is 1.27. The highest BCUT2D eigenvalue weighted by atomic mass is 19.4. The number of aliphatic hydroxyl groups excluding tert-OH is 1. The molecule has 0 aromatic rings. The third-order valence-corrected chi connectivity index (χ3v) is 1.52. The molecule has 1 aliphatic rings. The van der Waals surface area contributed by atoms with Crippen molar-refractivity contribution < 1.29 is 31.4 Å². The van der Waals surface area contributed by atoms with Gasteiger partial charge in [-0.05, 0) is 0 Å². The van der Waals surface area contributed by atoms with E-state index in [1.807, 2.05) is 0 Å². The molecule has 0 heterocycles. The van der Waals surface area contributed by atoms with Gasteiger partial charge < -0.3 is 5.11 Å². The first-order chi connectivity index (χ1) is 4.65. The van der Waals surface area contributed by atoms with Crippen LogP contribution in [-0.2, 0) is 0 Å². The summed E-state index contributed by atoms with van der Waals surface area (Å²) in [6, 6.07) is 0. The molecule has 1 saturated carbocycles. The van der Waals surface area contributed by atoms with Gasteiger partial charge in [-0.2, -0.15) is 26.3 Å². The van der Waals surface area contributed by atoms with Gasteiger partial charge >= 0.3 is 17.8 Å². The molecule has 0 saturated heterocycles. The summed E-state index contributed by atoms with van der Waals surface area (Å²) in [4.78, 5) is 0. The Kier molecular flexibility index (Phi) is 1.29. The monoisotopic (exact) mass is 180 g/mol.